The van der Waals surface area contributed by atoms with Gasteiger partial charge in [0.1, 0.15) is 0 Å². The van der Waals surface area contributed by atoms with E-state index in [-0.39, 0.29) is 18.3 Å². The van der Waals surface area contributed by atoms with Gasteiger partial charge in [-0.05, 0) is 43.7 Å². The Kier molecular flexibility index (Phi) is 6.97. The maximum absolute atomic E-state index is 12.2. The van der Waals surface area contributed by atoms with Crippen LogP contribution >= 0.6 is 0 Å². The van der Waals surface area contributed by atoms with Gasteiger partial charge in [-0.1, -0.05) is 35.9 Å². The number of ether oxygens (including phenoxy) is 2. The Balaban J connectivity index is 2.08. The number of carbonyl (C=O) groups excluding carboxylic acids is 2. The molecule has 2 rings (SSSR count). The molecule has 0 radical (unpaired) electrons. The van der Waals surface area contributed by atoms with Crippen LogP contribution in [0.4, 0.5) is 0 Å². The van der Waals surface area contributed by atoms with Gasteiger partial charge in [-0.2, -0.15) is 0 Å². The van der Waals surface area contributed by atoms with Crippen molar-refractivity contribution in [2.45, 2.75) is 13.8 Å². The van der Waals surface area contributed by atoms with Crippen molar-refractivity contribution < 1.29 is 19.1 Å². The molecule has 136 valence electrons. The van der Waals surface area contributed by atoms with Gasteiger partial charge in [0.25, 0.3) is 5.91 Å². The average Bonchev–Trinajstić information content (AvgIpc) is 2.64. The normalized spacial score (nSPS) is 10.6. The molecule has 5 nitrogen and oxygen atoms in total. The van der Waals surface area contributed by atoms with Crippen LogP contribution in [0.3, 0.4) is 0 Å². The average molecular weight is 353 g/mol. The molecule has 5 heteroatoms. The van der Waals surface area contributed by atoms with Crippen LogP contribution in [0.5, 0.6) is 11.5 Å². The Morgan fingerprint density at radius 2 is 1.92 bits per heavy atom. The molecule has 26 heavy (non-hydrogen) atoms. The Labute approximate surface area is 153 Å². The molecule has 0 atom stereocenters. The molecule has 0 aromatic heterocycles. The third kappa shape index (κ3) is 5.48. The monoisotopic (exact) mass is 353 g/mol. The van der Waals surface area contributed by atoms with Crippen molar-refractivity contribution >= 4 is 17.8 Å². The number of methoxy groups -OCH3 is 1. The Morgan fingerprint density at radius 3 is 2.62 bits per heavy atom. The summed E-state index contributed by atoms with van der Waals surface area (Å²) in [6.07, 6.45) is 3.25. The van der Waals surface area contributed by atoms with Gasteiger partial charge in [0.15, 0.2) is 23.9 Å². The molecule has 0 aliphatic heterocycles. The highest BCUT2D eigenvalue weighted by Gasteiger charge is 2.08. The molecule has 0 spiro atoms. The molecule has 0 fully saturated rings. The summed E-state index contributed by atoms with van der Waals surface area (Å²) in [5, 5.41) is 2.66. The highest BCUT2D eigenvalue weighted by atomic mass is 16.5. The zero-order valence-corrected chi connectivity index (χ0v) is 15.2. The van der Waals surface area contributed by atoms with Crippen LogP contribution in [0, 0.1) is 6.92 Å². The van der Waals surface area contributed by atoms with Crippen LogP contribution in [0.25, 0.3) is 6.08 Å². The van der Waals surface area contributed by atoms with E-state index >= 15 is 0 Å². The summed E-state index contributed by atoms with van der Waals surface area (Å²) in [6, 6.07) is 12.7. The Bertz CT molecular complexity index is 811. The van der Waals surface area contributed by atoms with Crippen molar-refractivity contribution in [3.05, 3.63) is 65.2 Å². The molecule has 2 aromatic carbocycles. The maximum atomic E-state index is 12.2. The van der Waals surface area contributed by atoms with E-state index < -0.39 is 0 Å². The van der Waals surface area contributed by atoms with E-state index in [4.69, 9.17) is 9.47 Å². The van der Waals surface area contributed by atoms with Crippen LogP contribution in [0.2, 0.25) is 0 Å². The lowest BCUT2D eigenvalue weighted by Gasteiger charge is -2.11. The molecule has 1 N–H and O–H groups in total. The molecule has 0 aliphatic carbocycles. The van der Waals surface area contributed by atoms with Crippen molar-refractivity contribution in [3.63, 3.8) is 0 Å². The van der Waals surface area contributed by atoms with Crippen molar-refractivity contribution in [2.75, 3.05) is 20.3 Å². The quantitative estimate of drug-likeness (QED) is 0.583. The molecular formula is C21H23NO4. The number of ketones is 1. The largest absolute Gasteiger partial charge is 0.493 e. The number of benzene rings is 2. The van der Waals surface area contributed by atoms with Gasteiger partial charge < -0.3 is 14.8 Å². The number of carbonyl (C=O) groups is 2. The summed E-state index contributed by atoms with van der Waals surface area (Å²) in [5.41, 5.74) is 2.49. The van der Waals surface area contributed by atoms with Gasteiger partial charge in [-0.3, -0.25) is 9.59 Å². The van der Waals surface area contributed by atoms with E-state index in [1.165, 1.54) is 13.2 Å². The summed E-state index contributed by atoms with van der Waals surface area (Å²) in [6.45, 7) is 4.27. The van der Waals surface area contributed by atoms with E-state index in [0.29, 0.717) is 23.6 Å². The van der Waals surface area contributed by atoms with E-state index in [2.05, 4.69) is 5.32 Å². The van der Waals surface area contributed by atoms with Gasteiger partial charge in [0, 0.05) is 12.1 Å². The van der Waals surface area contributed by atoms with Crippen LogP contribution in [-0.4, -0.2) is 32.0 Å². The second-order valence-electron chi connectivity index (χ2n) is 5.72. The van der Waals surface area contributed by atoms with Gasteiger partial charge in [-0.15, -0.1) is 0 Å². The third-order valence-electron chi connectivity index (χ3n) is 3.65. The minimum atomic E-state index is -0.192. The Morgan fingerprint density at radius 1 is 1.12 bits per heavy atom. The number of amides is 1. The number of allylic oxidation sites excluding steroid dienone is 1. The summed E-state index contributed by atoms with van der Waals surface area (Å²) >= 11 is 0. The van der Waals surface area contributed by atoms with Crippen LogP contribution in [-0.2, 0) is 4.79 Å². The first-order chi connectivity index (χ1) is 12.5. The lowest BCUT2D eigenvalue weighted by atomic mass is 10.1. The lowest BCUT2D eigenvalue weighted by molar-refractivity contribution is -0.123. The fraction of sp³-hybridized carbons (Fsp3) is 0.238. The van der Waals surface area contributed by atoms with E-state index in [9.17, 15) is 9.59 Å². The number of rotatable bonds is 8. The highest BCUT2D eigenvalue weighted by molar-refractivity contribution is 6.06. The molecular weight excluding hydrogens is 330 g/mol. The third-order valence-corrected chi connectivity index (χ3v) is 3.65. The standard InChI is InChI=1S/C21H23NO4/c1-4-22-21(24)14-26-19-11-9-16(13-20(19)25-3)8-10-18(23)17-7-5-6-15(2)12-17/h5-13H,4,14H2,1-3H3,(H,22,24)/b10-8+. The zero-order chi connectivity index (χ0) is 18.9. The van der Waals surface area contributed by atoms with Gasteiger partial charge in [-0.25, -0.2) is 0 Å². The number of nitrogens with one attached hydrogen (secondary N) is 1. The van der Waals surface area contributed by atoms with Crippen LogP contribution in [0.15, 0.2) is 48.5 Å². The molecule has 0 unspecified atom stereocenters. The SMILES string of the molecule is CCNC(=O)COc1ccc(/C=C/C(=O)c2cccc(C)c2)cc1OC. The van der Waals surface area contributed by atoms with Gasteiger partial charge >= 0.3 is 0 Å². The number of hydrogen-bond acceptors (Lipinski definition) is 4. The fourth-order valence-electron chi connectivity index (χ4n) is 2.37. The van der Waals surface area contributed by atoms with Crippen molar-refractivity contribution in [1.29, 1.82) is 0 Å². The zero-order valence-electron chi connectivity index (χ0n) is 15.2. The van der Waals surface area contributed by atoms with E-state index in [1.807, 2.05) is 32.0 Å². The molecule has 2 aromatic rings. The highest BCUT2D eigenvalue weighted by Crippen LogP contribution is 2.28. The first-order valence-electron chi connectivity index (χ1n) is 8.40. The first kappa shape index (κ1) is 19.2. The second kappa shape index (κ2) is 9.42. The minimum Gasteiger partial charge on any atom is -0.493 e. The molecule has 1 amide bonds. The van der Waals surface area contributed by atoms with E-state index in [0.717, 1.165) is 11.1 Å². The van der Waals surface area contributed by atoms with Crippen LogP contribution in [0.1, 0.15) is 28.4 Å². The smallest absolute Gasteiger partial charge is 0.257 e. The number of aryl methyl sites for hydroxylation is 1. The molecule has 0 saturated heterocycles. The molecule has 0 bridgehead atoms. The topological polar surface area (TPSA) is 64.6 Å². The van der Waals surface area contributed by atoms with Crippen molar-refractivity contribution in [2.24, 2.45) is 0 Å². The summed E-state index contributed by atoms with van der Waals surface area (Å²) in [5.74, 6) is 0.715. The van der Waals surface area contributed by atoms with Gasteiger partial charge in [0.05, 0.1) is 7.11 Å². The Hall–Kier alpha value is -3.08. The number of likely N-dealkylation sites (N-methyl/N-ethyl adjacent to an activating group) is 1. The fourth-order valence-corrected chi connectivity index (χ4v) is 2.37. The van der Waals surface area contributed by atoms with Crippen LogP contribution < -0.4 is 14.8 Å². The summed E-state index contributed by atoms with van der Waals surface area (Å²) < 4.78 is 10.8. The second-order valence-corrected chi connectivity index (χ2v) is 5.72. The van der Waals surface area contributed by atoms with Crippen molar-refractivity contribution in [3.8, 4) is 11.5 Å². The maximum Gasteiger partial charge on any atom is 0.257 e. The van der Waals surface area contributed by atoms with Gasteiger partial charge in [0.2, 0.25) is 0 Å². The molecule has 0 heterocycles. The predicted molar refractivity (Wildman–Crippen MR) is 102 cm³/mol. The summed E-state index contributed by atoms with van der Waals surface area (Å²) in [4.78, 5) is 23.7. The molecule has 0 aliphatic rings. The molecule has 0 saturated carbocycles. The van der Waals surface area contributed by atoms with Crippen molar-refractivity contribution in [1.82, 2.24) is 5.32 Å². The first-order valence-corrected chi connectivity index (χ1v) is 8.40. The number of hydrogen-bond donors (Lipinski definition) is 1. The van der Waals surface area contributed by atoms with E-state index in [1.54, 1.807) is 30.3 Å². The summed E-state index contributed by atoms with van der Waals surface area (Å²) in [7, 11) is 1.53. The predicted octanol–water partition coefficient (Wildman–Crippen LogP) is 3.41. The lowest BCUT2D eigenvalue weighted by Crippen LogP contribution is -2.28. The minimum absolute atomic E-state index is 0.0655.